The van der Waals surface area contributed by atoms with Gasteiger partial charge in [0.2, 0.25) is 17.4 Å². The Morgan fingerprint density at radius 1 is 1.13 bits per heavy atom. The number of nitrogens with zero attached hydrogens (tertiary/aromatic N) is 1. The van der Waals surface area contributed by atoms with Gasteiger partial charge >= 0.3 is 5.97 Å². The fourth-order valence-electron chi connectivity index (χ4n) is 6.43. The number of carbonyl (C=O) groups excluding carboxylic acids is 4. The molecule has 7 heteroatoms. The first kappa shape index (κ1) is 19.4. The smallest absolute Gasteiger partial charge is 0.347 e. The molecule has 7 nitrogen and oxygen atoms in total. The van der Waals surface area contributed by atoms with Gasteiger partial charge in [-0.25, -0.2) is 9.69 Å². The van der Waals surface area contributed by atoms with E-state index in [4.69, 9.17) is 9.47 Å². The number of ether oxygens (including phenoxy) is 2. The van der Waals surface area contributed by atoms with Crippen molar-refractivity contribution in [3.8, 4) is 0 Å². The van der Waals surface area contributed by atoms with Gasteiger partial charge < -0.3 is 9.47 Å². The normalized spacial score (nSPS) is 39.7. The Labute approximate surface area is 174 Å². The van der Waals surface area contributed by atoms with Crippen LogP contribution in [0.5, 0.6) is 0 Å². The highest BCUT2D eigenvalue weighted by atomic mass is 16.6. The van der Waals surface area contributed by atoms with E-state index in [0.29, 0.717) is 5.69 Å². The predicted molar refractivity (Wildman–Crippen MR) is 105 cm³/mol. The molecule has 158 valence electrons. The van der Waals surface area contributed by atoms with Gasteiger partial charge in [0.25, 0.3) is 0 Å². The molecule has 5 rings (SSSR count). The first-order chi connectivity index (χ1) is 14.4. The second-order valence-corrected chi connectivity index (χ2v) is 8.87. The molecule has 2 amide bonds. The fraction of sp³-hybridized carbons (Fsp3) is 0.565. The number of para-hydroxylation sites is 1. The average Bonchev–Trinajstić information content (AvgIpc) is 3.17. The number of imide groups is 1. The summed E-state index contributed by atoms with van der Waals surface area (Å²) in [4.78, 5) is 55.0. The maximum atomic E-state index is 13.7. The molecule has 0 aromatic heterocycles. The summed E-state index contributed by atoms with van der Waals surface area (Å²) in [6, 6.07) is 8.67. The highest BCUT2D eigenvalue weighted by Crippen LogP contribution is 2.65. The Balaban J connectivity index is 1.72. The highest BCUT2D eigenvalue weighted by molar-refractivity contribution is 6.27. The van der Waals surface area contributed by atoms with Gasteiger partial charge in [0, 0.05) is 6.42 Å². The van der Waals surface area contributed by atoms with E-state index in [-0.39, 0.29) is 30.8 Å². The quantitative estimate of drug-likeness (QED) is 0.431. The summed E-state index contributed by atoms with van der Waals surface area (Å²) in [6.45, 7) is 3.71. The van der Waals surface area contributed by atoms with E-state index in [1.165, 1.54) is 0 Å². The summed E-state index contributed by atoms with van der Waals surface area (Å²) in [6.07, 6.45) is 2.63. The Kier molecular flexibility index (Phi) is 4.19. The summed E-state index contributed by atoms with van der Waals surface area (Å²) in [5, 5.41) is 0. The van der Waals surface area contributed by atoms with Crippen molar-refractivity contribution in [2.75, 3.05) is 11.5 Å². The summed E-state index contributed by atoms with van der Waals surface area (Å²) in [7, 11) is 0. The lowest BCUT2D eigenvalue weighted by atomic mass is 9.62. The molecule has 1 aromatic carbocycles. The average molecular weight is 411 g/mol. The number of carbonyl (C=O) groups is 4. The minimum atomic E-state index is -2.03. The Hall–Kier alpha value is -2.54. The molecule has 2 bridgehead atoms. The van der Waals surface area contributed by atoms with E-state index in [2.05, 4.69) is 0 Å². The molecule has 0 N–H and O–H groups in total. The Morgan fingerprint density at radius 2 is 1.83 bits per heavy atom. The van der Waals surface area contributed by atoms with Gasteiger partial charge in [-0.1, -0.05) is 31.5 Å². The fourth-order valence-corrected chi connectivity index (χ4v) is 6.43. The van der Waals surface area contributed by atoms with Crippen LogP contribution in [0.25, 0.3) is 0 Å². The number of Topliss-reactive ketones (excluding diaryl/α,β-unsaturated/α-hetero) is 1. The second-order valence-electron chi connectivity index (χ2n) is 8.87. The van der Waals surface area contributed by atoms with E-state index < -0.39 is 40.7 Å². The maximum absolute atomic E-state index is 13.7. The maximum Gasteiger partial charge on any atom is 0.347 e. The molecule has 1 spiro atoms. The van der Waals surface area contributed by atoms with Gasteiger partial charge in [-0.15, -0.1) is 0 Å². The van der Waals surface area contributed by atoms with E-state index in [1.54, 1.807) is 37.3 Å². The molecule has 4 fully saturated rings. The van der Waals surface area contributed by atoms with Crippen LogP contribution in [0.3, 0.4) is 0 Å². The molecule has 30 heavy (non-hydrogen) atoms. The minimum Gasteiger partial charge on any atom is -0.463 e. The molecule has 1 aliphatic carbocycles. The van der Waals surface area contributed by atoms with Crippen molar-refractivity contribution in [2.24, 2.45) is 23.7 Å². The largest absolute Gasteiger partial charge is 0.463 e. The van der Waals surface area contributed by atoms with Crippen LogP contribution in [-0.2, 0) is 28.7 Å². The summed E-state index contributed by atoms with van der Waals surface area (Å²) in [5.74, 6) is -4.47. The zero-order valence-corrected chi connectivity index (χ0v) is 17.1. The van der Waals surface area contributed by atoms with Gasteiger partial charge in [0.15, 0.2) is 5.78 Å². The first-order valence-corrected chi connectivity index (χ1v) is 10.7. The SMILES string of the molecule is CCOC(=O)[C@]12O[C@@]3(C(C)CCC[C@@H]3CC1=O)[C@H]1C(=O)N(c3ccccc3)C(=O)[C@H]12. The minimum absolute atomic E-state index is 0.0550. The molecule has 3 aliphatic heterocycles. The lowest BCUT2D eigenvalue weighted by Crippen LogP contribution is -2.63. The highest BCUT2D eigenvalue weighted by Gasteiger charge is 2.82. The zero-order chi connectivity index (χ0) is 21.3. The number of esters is 1. The molecule has 3 saturated heterocycles. The lowest BCUT2D eigenvalue weighted by Gasteiger charge is -2.51. The topological polar surface area (TPSA) is 90.0 Å². The van der Waals surface area contributed by atoms with Crippen LogP contribution in [0.1, 0.15) is 39.5 Å². The van der Waals surface area contributed by atoms with Crippen LogP contribution in [0.15, 0.2) is 30.3 Å². The van der Waals surface area contributed by atoms with Crippen molar-refractivity contribution < 1.29 is 28.7 Å². The van der Waals surface area contributed by atoms with Crippen LogP contribution < -0.4 is 4.90 Å². The molecule has 1 unspecified atom stereocenters. The van der Waals surface area contributed by atoms with Crippen molar-refractivity contribution in [3.63, 3.8) is 0 Å². The number of amides is 2. The van der Waals surface area contributed by atoms with Crippen LogP contribution in [0.2, 0.25) is 0 Å². The third-order valence-corrected chi connectivity index (χ3v) is 7.61. The van der Waals surface area contributed by atoms with E-state index in [9.17, 15) is 19.2 Å². The van der Waals surface area contributed by atoms with Crippen LogP contribution in [-0.4, -0.2) is 41.4 Å². The third-order valence-electron chi connectivity index (χ3n) is 7.61. The van der Waals surface area contributed by atoms with E-state index in [1.807, 2.05) is 6.92 Å². The predicted octanol–water partition coefficient (Wildman–Crippen LogP) is 2.27. The number of rotatable bonds is 3. The van der Waals surface area contributed by atoms with Gasteiger partial charge in [0.05, 0.1) is 23.8 Å². The second kappa shape index (κ2) is 6.48. The number of ketones is 1. The summed E-state index contributed by atoms with van der Waals surface area (Å²) >= 11 is 0. The van der Waals surface area contributed by atoms with Crippen LogP contribution in [0, 0.1) is 23.7 Å². The molecular weight excluding hydrogens is 386 g/mol. The summed E-state index contributed by atoms with van der Waals surface area (Å²) < 4.78 is 11.7. The van der Waals surface area contributed by atoms with Gasteiger partial charge in [0.1, 0.15) is 5.92 Å². The standard InChI is InChI=1S/C23H25NO6/c1-3-29-21(28)23-16(25)12-14-9-7-8-13(2)22(14,30-23)17-18(23)20(27)24(19(17)26)15-10-5-4-6-11-15/h4-6,10-11,13-14,17-18H,3,7-9,12H2,1-2H3/t13?,14-,17-,18+,22-,23+/m1/s1. The van der Waals surface area contributed by atoms with Crippen molar-refractivity contribution in [2.45, 2.75) is 50.7 Å². The van der Waals surface area contributed by atoms with Crippen molar-refractivity contribution in [3.05, 3.63) is 30.3 Å². The Bertz CT molecular complexity index is 944. The van der Waals surface area contributed by atoms with Crippen LogP contribution in [0.4, 0.5) is 5.69 Å². The molecule has 4 aliphatic rings. The van der Waals surface area contributed by atoms with Gasteiger partial charge in [-0.2, -0.15) is 0 Å². The van der Waals surface area contributed by atoms with Crippen LogP contribution >= 0.6 is 0 Å². The van der Waals surface area contributed by atoms with E-state index in [0.717, 1.165) is 24.2 Å². The lowest BCUT2D eigenvalue weighted by molar-refractivity contribution is -0.223. The molecule has 0 radical (unpaired) electrons. The molecule has 1 aromatic rings. The molecule has 1 saturated carbocycles. The number of hydrogen-bond acceptors (Lipinski definition) is 6. The van der Waals surface area contributed by atoms with Crippen molar-refractivity contribution in [1.82, 2.24) is 0 Å². The van der Waals surface area contributed by atoms with Gasteiger partial charge in [-0.3, -0.25) is 14.4 Å². The molecule has 6 atom stereocenters. The summed E-state index contributed by atoms with van der Waals surface area (Å²) in [5.41, 5.74) is -2.58. The van der Waals surface area contributed by atoms with Crippen molar-refractivity contribution >= 4 is 29.3 Å². The Morgan fingerprint density at radius 3 is 2.53 bits per heavy atom. The number of hydrogen-bond donors (Lipinski definition) is 0. The number of fused-ring (bicyclic) bond motifs is 3. The molecule has 3 heterocycles. The number of anilines is 1. The van der Waals surface area contributed by atoms with E-state index >= 15 is 0 Å². The monoisotopic (exact) mass is 411 g/mol. The van der Waals surface area contributed by atoms with Gasteiger partial charge in [-0.05, 0) is 43.7 Å². The third kappa shape index (κ3) is 2.14. The zero-order valence-electron chi connectivity index (χ0n) is 17.1. The van der Waals surface area contributed by atoms with Crippen molar-refractivity contribution in [1.29, 1.82) is 0 Å². The molecular formula is C23H25NO6. The number of benzene rings is 1. The first-order valence-electron chi connectivity index (χ1n) is 10.7.